The summed E-state index contributed by atoms with van der Waals surface area (Å²) in [5.74, 6) is -2.28. The number of carbonyl (C=O) groups excluding carboxylic acids is 1. The van der Waals surface area contributed by atoms with Gasteiger partial charge in [0.15, 0.2) is 0 Å². The molecule has 0 aliphatic heterocycles. The van der Waals surface area contributed by atoms with Crippen LogP contribution in [0.1, 0.15) is 32.7 Å². The SMILES string of the molecule is O=C(O)CCc1ccc(NC(=O)c2ccccc2-c2ccccc2C(=O)O)cc1. The molecule has 0 spiro atoms. The molecule has 0 unspecified atom stereocenters. The van der Waals surface area contributed by atoms with E-state index in [0.29, 0.717) is 28.8 Å². The van der Waals surface area contributed by atoms with Crippen molar-refractivity contribution < 1.29 is 24.6 Å². The molecule has 0 saturated heterocycles. The molecule has 0 bridgehead atoms. The highest BCUT2D eigenvalue weighted by molar-refractivity contribution is 6.10. The third-order valence-electron chi connectivity index (χ3n) is 4.46. The van der Waals surface area contributed by atoms with Gasteiger partial charge in [-0.05, 0) is 47.4 Å². The summed E-state index contributed by atoms with van der Waals surface area (Å²) in [6, 6.07) is 20.3. The van der Waals surface area contributed by atoms with Gasteiger partial charge in [-0.2, -0.15) is 0 Å². The maximum absolute atomic E-state index is 12.9. The third-order valence-corrected chi connectivity index (χ3v) is 4.46. The van der Waals surface area contributed by atoms with Crippen molar-refractivity contribution in [1.82, 2.24) is 0 Å². The second kappa shape index (κ2) is 8.84. The summed E-state index contributed by atoms with van der Waals surface area (Å²) in [5.41, 5.74) is 2.90. The Kier molecular flexibility index (Phi) is 6.04. The zero-order valence-electron chi connectivity index (χ0n) is 15.5. The smallest absolute Gasteiger partial charge is 0.336 e. The van der Waals surface area contributed by atoms with Gasteiger partial charge in [0, 0.05) is 17.7 Å². The number of carboxylic acid groups (broad SMARTS) is 2. The van der Waals surface area contributed by atoms with Gasteiger partial charge >= 0.3 is 11.9 Å². The van der Waals surface area contributed by atoms with E-state index < -0.39 is 11.9 Å². The molecule has 0 fully saturated rings. The highest BCUT2D eigenvalue weighted by atomic mass is 16.4. The monoisotopic (exact) mass is 389 g/mol. The minimum atomic E-state index is -1.06. The largest absolute Gasteiger partial charge is 0.481 e. The topological polar surface area (TPSA) is 104 Å². The minimum absolute atomic E-state index is 0.0437. The van der Waals surface area contributed by atoms with Crippen molar-refractivity contribution in [1.29, 1.82) is 0 Å². The maximum Gasteiger partial charge on any atom is 0.336 e. The lowest BCUT2D eigenvalue weighted by atomic mass is 9.95. The number of rotatable bonds is 7. The van der Waals surface area contributed by atoms with Gasteiger partial charge in [-0.3, -0.25) is 9.59 Å². The van der Waals surface area contributed by atoms with Crippen LogP contribution in [0.15, 0.2) is 72.8 Å². The van der Waals surface area contributed by atoms with Crippen molar-refractivity contribution in [2.24, 2.45) is 0 Å². The predicted molar refractivity (Wildman–Crippen MR) is 109 cm³/mol. The van der Waals surface area contributed by atoms with Crippen LogP contribution < -0.4 is 5.32 Å². The van der Waals surface area contributed by atoms with Crippen LogP contribution in [0, 0.1) is 0 Å². The summed E-state index contributed by atoms with van der Waals surface area (Å²) in [7, 11) is 0. The van der Waals surface area contributed by atoms with Gasteiger partial charge in [-0.25, -0.2) is 4.79 Å². The number of aromatic carboxylic acids is 1. The highest BCUT2D eigenvalue weighted by Gasteiger charge is 2.17. The molecule has 29 heavy (non-hydrogen) atoms. The molecule has 0 aromatic heterocycles. The van der Waals surface area contributed by atoms with Crippen molar-refractivity contribution in [3.8, 4) is 11.1 Å². The number of nitrogens with one attached hydrogen (secondary N) is 1. The first-order valence-electron chi connectivity index (χ1n) is 8.99. The average molecular weight is 389 g/mol. The van der Waals surface area contributed by atoms with E-state index >= 15 is 0 Å². The number of hydrogen-bond donors (Lipinski definition) is 3. The van der Waals surface area contributed by atoms with E-state index in [4.69, 9.17) is 5.11 Å². The number of carbonyl (C=O) groups is 3. The number of aryl methyl sites for hydroxylation is 1. The summed E-state index contributed by atoms with van der Waals surface area (Å²) in [6.07, 6.45) is 0.459. The molecule has 6 nitrogen and oxygen atoms in total. The molecule has 0 aliphatic rings. The van der Waals surface area contributed by atoms with E-state index in [1.165, 1.54) is 6.07 Å². The minimum Gasteiger partial charge on any atom is -0.481 e. The average Bonchev–Trinajstić information content (AvgIpc) is 2.73. The Balaban J connectivity index is 1.84. The van der Waals surface area contributed by atoms with E-state index in [0.717, 1.165) is 5.56 Å². The Morgan fingerprint density at radius 3 is 1.86 bits per heavy atom. The van der Waals surface area contributed by atoms with E-state index in [1.807, 2.05) is 0 Å². The first-order valence-corrected chi connectivity index (χ1v) is 8.99. The fourth-order valence-corrected chi connectivity index (χ4v) is 3.02. The maximum atomic E-state index is 12.9. The van der Waals surface area contributed by atoms with Crippen LogP contribution in [0.5, 0.6) is 0 Å². The molecule has 3 N–H and O–H groups in total. The molecule has 3 aromatic rings. The molecular formula is C23H19NO5. The van der Waals surface area contributed by atoms with Crippen LogP contribution in [0.25, 0.3) is 11.1 Å². The quantitative estimate of drug-likeness (QED) is 0.558. The van der Waals surface area contributed by atoms with Crippen molar-refractivity contribution >= 4 is 23.5 Å². The summed E-state index contributed by atoms with van der Waals surface area (Å²) < 4.78 is 0. The lowest BCUT2D eigenvalue weighted by molar-refractivity contribution is -0.136. The van der Waals surface area contributed by atoms with E-state index in [1.54, 1.807) is 66.7 Å². The van der Waals surface area contributed by atoms with Gasteiger partial charge in [0.2, 0.25) is 0 Å². The van der Waals surface area contributed by atoms with Crippen molar-refractivity contribution in [3.63, 3.8) is 0 Å². The highest BCUT2D eigenvalue weighted by Crippen LogP contribution is 2.28. The Hall–Kier alpha value is -3.93. The van der Waals surface area contributed by atoms with Gasteiger partial charge < -0.3 is 15.5 Å². The second-order valence-corrected chi connectivity index (χ2v) is 6.44. The molecule has 146 valence electrons. The summed E-state index contributed by atoms with van der Waals surface area (Å²) in [4.78, 5) is 35.1. The van der Waals surface area contributed by atoms with Crippen molar-refractivity contribution in [3.05, 3.63) is 89.5 Å². The predicted octanol–water partition coefficient (Wildman–Crippen LogP) is 4.32. The van der Waals surface area contributed by atoms with Crippen LogP contribution in [0.2, 0.25) is 0 Å². The van der Waals surface area contributed by atoms with E-state index in [2.05, 4.69) is 5.32 Å². The molecule has 3 rings (SSSR count). The Morgan fingerprint density at radius 1 is 0.724 bits per heavy atom. The Bertz CT molecular complexity index is 1060. The standard InChI is InChI=1S/C23H19NO5/c25-21(26)14-11-15-9-12-16(13-10-15)24-22(27)19-7-3-1-5-17(19)18-6-2-4-8-20(18)23(28)29/h1-10,12-13H,11,14H2,(H,24,27)(H,25,26)(H,28,29). The fourth-order valence-electron chi connectivity index (χ4n) is 3.02. The summed E-state index contributed by atoms with van der Waals surface area (Å²) in [6.45, 7) is 0. The van der Waals surface area contributed by atoms with Gasteiger partial charge in [-0.1, -0.05) is 48.5 Å². The Labute approximate surface area is 167 Å². The van der Waals surface area contributed by atoms with Crippen LogP contribution in [-0.4, -0.2) is 28.1 Å². The number of aliphatic carboxylic acids is 1. The number of benzene rings is 3. The molecular weight excluding hydrogens is 370 g/mol. The van der Waals surface area contributed by atoms with Crippen molar-refractivity contribution in [2.45, 2.75) is 12.8 Å². The van der Waals surface area contributed by atoms with E-state index in [-0.39, 0.29) is 17.9 Å². The Morgan fingerprint density at radius 2 is 1.28 bits per heavy atom. The van der Waals surface area contributed by atoms with Crippen LogP contribution in [-0.2, 0) is 11.2 Å². The fraction of sp³-hybridized carbons (Fsp3) is 0.0870. The first-order chi connectivity index (χ1) is 14.0. The number of carboxylic acids is 2. The molecule has 0 saturated carbocycles. The lowest BCUT2D eigenvalue weighted by Gasteiger charge is -2.12. The third kappa shape index (κ3) is 4.87. The molecule has 1 amide bonds. The molecule has 3 aromatic carbocycles. The first kappa shape index (κ1) is 19.8. The van der Waals surface area contributed by atoms with Gasteiger partial charge in [0.05, 0.1) is 5.56 Å². The van der Waals surface area contributed by atoms with Gasteiger partial charge in [0.1, 0.15) is 0 Å². The zero-order chi connectivity index (χ0) is 20.8. The van der Waals surface area contributed by atoms with Crippen LogP contribution in [0.4, 0.5) is 5.69 Å². The molecule has 0 aliphatic carbocycles. The second-order valence-electron chi connectivity index (χ2n) is 6.44. The van der Waals surface area contributed by atoms with Crippen LogP contribution in [0.3, 0.4) is 0 Å². The van der Waals surface area contributed by atoms with Crippen molar-refractivity contribution in [2.75, 3.05) is 5.32 Å². The number of hydrogen-bond acceptors (Lipinski definition) is 3. The van der Waals surface area contributed by atoms with E-state index in [9.17, 15) is 19.5 Å². The summed E-state index contributed by atoms with van der Waals surface area (Å²) in [5, 5.41) is 21.0. The molecule has 0 atom stereocenters. The normalized spacial score (nSPS) is 10.3. The van der Waals surface area contributed by atoms with Gasteiger partial charge in [0.25, 0.3) is 5.91 Å². The lowest BCUT2D eigenvalue weighted by Crippen LogP contribution is -2.13. The molecule has 6 heteroatoms. The van der Waals surface area contributed by atoms with Gasteiger partial charge in [-0.15, -0.1) is 0 Å². The number of anilines is 1. The molecule has 0 radical (unpaired) electrons. The molecule has 0 heterocycles. The van der Waals surface area contributed by atoms with Crippen LogP contribution >= 0.6 is 0 Å². The number of amides is 1. The zero-order valence-corrected chi connectivity index (χ0v) is 15.5. The summed E-state index contributed by atoms with van der Waals surface area (Å²) >= 11 is 0.